The summed E-state index contributed by atoms with van der Waals surface area (Å²) in [6.07, 6.45) is 1.05. The van der Waals surface area contributed by atoms with E-state index in [2.05, 4.69) is 20.4 Å². The smallest absolute Gasteiger partial charge is 0.341 e. The van der Waals surface area contributed by atoms with E-state index in [1.807, 2.05) is 0 Å². The maximum atomic E-state index is 11.4. The molecule has 0 saturated heterocycles. The van der Waals surface area contributed by atoms with Crippen LogP contribution in [-0.4, -0.2) is 32.1 Å². The van der Waals surface area contributed by atoms with E-state index in [1.54, 1.807) is 13.0 Å². The summed E-state index contributed by atoms with van der Waals surface area (Å²) in [6, 6.07) is 1.69. The largest absolute Gasteiger partial charge is 0.465 e. The number of hydrogen-bond acceptors (Lipinski definition) is 6. The lowest BCUT2D eigenvalue weighted by molar-refractivity contribution is 0.0599. The van der Waals surface area contributed by atoms with Crippen LogP contribution in [0, 0.1) is 6.92 Å². The van der Waals surface area contributed by atoms with E-state index in [4.69, 9.17) is 4.42 Å². The molecule has 0 unspecified atom stereocenters. The van der Waals surface area contributed by atoms with Gasteiger partial charge in [-0.2, -0.15) is 0 Å². The molecule has 19 heavy (non-hydrogen) atoms. The highest BCUT2D eigenvalue weighted by Crippen LogP contribution is 2.15. The number of furan rings is 1. The Balaban J connectivity index is 0.00000180. The Morgan fingerprint density at radius 3 is 3.05 bits per heavy atom. The zero-order chi connectivity index (χ0) is 13.0. The van der Waals surface area contributed by atoms with Crippen LogP contribution in [0.5, 0.6) is 0 Å². The van der Waals surface area contributed by atoms with E-state index in [1.165, 1.54) is 7.11 Å². The number of methoxy groups -OCH3 is 1. The number of carbonyl (C=O) groups is 1. The van der Waals surface area contributed by atoms with Gasteiger partial charge in [-0.3, -0.25) is 4.99 Å². The number of aryl methyl sites for hydroxylation is 1. The van der Waals surface area contributed by atoms with E-state index in [-0.39, 0.29) is 29.9 Å². The minimum absolute atomic E-state index is 0. The van der Waals surface area contributed by atoms with Crippen LogP contribution in [0.1, 0.15) is 28.3 Å². The lowest BCUT2D eigenvalue weighted by Crippen LogP contribution is -2.40. The van der Waals surface area contributed by atoms with Crippen molar-refractivity contribution in [1.29, 1.82) is 0 Å². The average Bonchev–Trinajstić information content (AvgIpc) is 2.78. The van der Waals surface area contributed by atoms with Crippen molar-refractivity contribution < 1.29 is 13.9 Å². The van der Waals surface area contributed by atoms with Gasteiger partial charge in [0.15, 0.2) is 5.96 Å². The molecule has 1 aliphatic heterocycles. The first-order valence-corrected chi connectivity index (χ1v) is 5.90. The molecular formula is C12H18IN3O3. The zero-order valence-corrected chi connectivity index (χ0v) is 13.3. The minimum atomic E-state index is -0.379. The molecule has 0 atom stereocenters. The molecule has 2 heterocycles. The topological polar surface area (TPSA) is 75.9 Å². The molecule has 7 heteroatoms. The van der Waals surface area contributed by atoms with E-state index < -0.39 is 0 Å². The molecule has 0 radical (unpaired) electrons. The number of nitrogens with zero attached hydrogens (tertiary/aromatic N) is 1. The Labute approximate surface area is 129 Å². The summed E-state index contributed by atoms with van der Waals surface area (Å²) in [6.45, 7) is 3.99. The molecule has 0 spiro atoms. The molecule has 2 N–H and O–H groups in total. The van der Waals surface area contributed by atoms with Crippen molar-refractivity contribution in [3.63, 3.8) is 0 Å². The predicted octanol–water partition coefficient (Wildman–Crippen LogP) is 1.43. The van der Waals surface area contributed by atoms with Crippen LogP contribution in [0.3, 0.4) is 0 Å². The Kier molecular flexibility index (Phi) is 6.13. The summed E-state index contributed by atoms with van der Waals surface area (Å²) >= 11 is 0. The monoisotopic (exact) mass is 379 g/mol. The minimum Gasteiger partial charge on any atom is -0.465 e. The van der Waals surface area contributed by atoms with Gasteiger partial charge in [0.05, 0.1) is 13.7 Å². The first kappa shape index (κ1) is 15.8. The van der Waals surface area contributed by atoms with Gasteiger partial charge in [-0.05, 0) is 19.4 Å². The van der Waals surface area contributed by atoms with Crippen molar-refractivity contribution in [1.82, 2.24) is 10.6 Å². The first-order chi connectivity index (χ1) is 8.70. The van der Waals surface area contributed by atoms with Crippen molar-refractivity contribution in [3.8, 4) is 0 Å². The first-order valence-electron chi connectivity index (χ1n) is 5.90. The normalized spacial score (nSPS) is 13.9. The van der Waals surface area contributed by atoms with Crippen molar-refractivity contribution in [2.45, 2.75) is 19.9 Å². The summed E-state index contributed by atoms with van der Waals surface area (Å²) in [7, 11) is 1.35. The van der Waals surface area contributed by atoms with Crippen molar-refractivity contribution in [2.24, 2.45) is 4.99 Å². The van der Waals surface area contributed by atoms with Gasteiger partial charge in [0.1, 0.15) is 17.1 Å². The third-order valence-corrected chi connectivity index (χ3v) is 2.70. The van der Waals surface area contributed by atoms with E-state index >= 15 is 0 Å². The molecule has 6 nitrogen and oxygen atoms in total. The van der Waals surface area contributed by atoms with E-state index in [9.17, 15) is 4.79 Å². The third-order valence-electron chi connectivity index (χ3n) is 2.70. The molecule has 106 valence electrons. The maximum Gasteiger partial charge on any atom is 0.341 e. The number of guanidine groups is 1. The number of nitrogens with one attached hydrogen (secondary N) is 2. The molecule has 1 aliphatic rings. The molecule has 0 aromatic carbocycles. The number of aliphatic imine (C=N–C) groups is 1. The van der Waals surface area contributed by atoms with Crippen LogP contribution in [-0.2, 0) is 11.3 Å². The molecule has 1 aromatic rings. The number of carbonyl (C=O) groups excluding carboxylic acids is 1. The van der Waals surface area contributed by atoms with Gasteiger partial charge in [0.25, 0.3) is 0 Å². The standard InChI is InChI=1S/C12H17N3O3.HI/c1-8-10(11(16)17-2)6-9(18-8)7-15-12-13-4-3-5-14-12;/h6H,3-5,7H2,1-2H3,(H2,13,14,15);1H. The van der Waals surface area contributed by atoms with E-state index in [0.29, 0.717) is 23.6 Å². The molecule has 0 aliphatic carbocycles. The number of esters is 1. The van der Waals surface area contributed by atoms with E-state index in [0.717, 1.165) is 25.5 Å². The summed E-state index contributed by atoms with van der Waals surface area (Å²) in [5.74, 6) is 1.64. The fourth-order valence-corrected chi connectivity index (χ4v) is 1.77. The predicted molar refractivity (Wildman–Crippen MR) is 82.0 cm³/mol. The lowest BCUT2D eigenvalue weighted by Gasteiger charge is -2.15. The van der Waals surface area contributed by atoms with Crippen LogP contribution in [0.4, 0.5) is 0 Å². The quantitative estimate of drug-likeness (QED) is 0.614. The molecule has 2 rings (SSSR count). The van der Waals surface area contributed by atoms with Gasteiger partial charge in [0, 0.05) is 13.1 Å². The third kappa shape index (κ3) is 4.12. The molecule has 0 bridgehead atoms. The SMILES string of the molecule is COC(=O)c1cc(CNC2=NCCCN2)oc1C.I. The molecule has 0 amide bonds. The van der Waals surface area contributed by atoms with Crippen LogP contribution in [0.2, 0.25) is 0 Å². The van der Waals surface area contributed by atoms with Gasteiger partial charge < -0.3 is 19.8 Å². The van der Waals surface area contributed by atoms with Crippen LogP contribution in [0.25, 0.3) is 0 Å². The summed E-state index contributed by atoms with van der Waals surface area (Å²) in [5.41, 5.74) is 0.466. The molecule has 1 aromatic heterocycles. The Bertz CT molecular complexity index is 471. The zero-order valence-electron chi connectivity index (χ0n) is 11.0. The van der Waals surface area contributed by atoms with Gasteiger partial charge in [-0.1, -0.05) is 0 Å². The number of rotatable bonds is 3. The van der Waals surface area contributed by atoms with Crippen LogP contribution in [0.15, 0.2) is 15.5 Å². The Morgan fingerprint density at radius 2 is 2.42 bits per heavy atom. The molecule has 0 saturated carbocycles. The van der Waals surface area contributed by atoms with Crippen molar-refractivity contribution in [3.05, 3.63) is 23.2 Å². The van der Waals surface area contributed by atoms with Gasteiger partial charge in [0.2, 0.25) is 0 Å². The second kappa shape index (κ2) is 7.37. The number of halogens is 1. The highest BCUT2D eigenvalue weighted by atomic mass is 127. The fraction of sp³-hybridized carbons (Fsp3) is 0.500. The second-order valence-electron chi connectivity index (χ2n) is 4.04. The number of ether oxygens (including phenoxy) is 1. The molecule has 0 fully saturated rings. The van der Waals surface area contributed by atoms with Gasteiger partial charge in [-0.15, -0.1) is 24.0 Å². The van der Waals surface area contributed by atoms with Crippen LogP contribution >= 0.6 is 24.0 Å². The second-order valence-corrected chi connectivity index (χ2v) is 4.04. The Hall–Kier alpha value is -1.25. The highest BCUT2D eigenvalue weighted by molar-refractivity contribution is 14.0. The summed E-state index contributed by atoms with van der Waals surface area (Å²) in [5, 5.41) is 6.28. The van der Waals surface area contributed by atoms with Gasteiger partial charge >= 0.3 is 5.97 Å². The van der Waals surface area contributed by atoms with Crippen molar-refractivity contribution >= 4 is 35.9 Å². The van der Waals surface area contributed by atoms with Gasteiger partial charge in [-0.25, -0.2) is 4.79 Å². The summed E-state index contributed by atoms with van der Waals surface area (Å²) in [4.78, 5) is 15.7. The molecular weight excluding hydrogens is 361 g/mol. The van der Waals surface area contributed by atoms with Crippen LogP contribution < -0.4 is 10.6 Å². The Morgan fingerprint density at radius 1 is 1.63 bits per heavy atom. The average molecular weight is 379 g/mol. The van der Waals surface area contributed by atoms with Crippen molar-refractivity contribution in [2.75, 3.05) is 20.2 Å². The lowest BCUT2D eigenvalue weighted by atomic mass is 10.2. The summed E-state index contributed by atoms with van der Waals surface area (Å²) < 4.78 is 10.2. The fourth-order valence-electron chi connectivity index (χ4n) is 1.77. The maximum absolute atomic E-state index is 11.4. The number of hydrogen-bond donors (Lipinski definition) is 2. The highest BCUT2D eigenvalue weighted by Gasteiger charge is 2.15.